The van der Waals surface area contributed by atoms with Gasteiger partial charge in [-0.3, -0.25) is 9.59 Å². The number of thioether (sulfide) groups is 1. The predicted molar refractivity (Wildman–Crippen MR) is 121 cm³/mol. The standard InChI is InChI=1S/C23H21ClN2O2S/c1-15-11-12-18(24)13-21(15)26-23(28)22(17-7-4-3-5-8-17)29-20-10-6-9-19(14-20)25-16(2)27/h3-14,22H,1-2H3,(H,25,27)(H,26,28). The summed E-state index contributed by atoms with van der Waals surface area (Å²) >= 11 is 7.52. The van der Waals surface area contributed by atoms with E-state index in [2.05, 4.69) is 10.6 Å². The molecule has 6 heteroatoms. The van der Waals surface area contributed by atoms with Crippen LogP contribution in [0.15, 0.2) is 77.7 Å². The van der Waals surface area contributed by atoms with Crippen molar-refractivity contribution in [1.82, 2.24) is 0 Å². The van der Waals surface area contributed by atoms with E-state index in [-0.39, 0.29) is 11.8 Å². The molecule has 4 nitrogen and oxygen atoms in total. The van der Waals surface area contributed by atoms with Gasteiger partial charge in [0.25, 0.3) is 0 Å². The zero-order chi connectivity index (χ0) is 20.8. The van der Waals surface area contributed by atoms with Crippen molar-refractivity contribution < 1.29 is 9.59 Å². The number of rotatable bonds is 6. The molecule has 3 aromatic carbocycles. The minimum Gasteiger partial charge on any atom is -0.326 e. The van der Waals surface area contributed by atoms with Crippen molar-refractivity contribution in [3.63, 3.8) is 0 Å². The molecule has 29 heavy (non-hydrogen) atoms. The monoisotopic (exact) mass is 424 g/mol. The third kappa shape index (κ3) is 5.86. The Hall–Kier alpha value is -2.76. The van der Waals surface area contributed by atoms with E-state index < -0.39 is 5.25 Å². The summed E-state index contributed by atoms with van der Waals surface area (Å²) in [5.74, 6) is -0.280. The number of halogens is 1. The highest BCUT2D eigenvalue weighted by Gasteiger charge is 2.23. The smallest absolute Gasteiger partial charge is 0.242 e. The Bertz CT molecular complexity index is 1020. The Kier molecular flexibility index (Phi) is 6.96. The molecule has 0 aliphatic heterocycles. The third-order valence-electron chi connectivity index (χ3n) is 4.21. The third-order valence-corrected chi connectivity index (χ3v) is 5.69. The van der Waals surface area contributed by atoms with Crippen molar-refractivity contribution in [2.45, 2.75) is 24.0 Å². The molecule has 2 N–H and O–H groups in total. The van der Waals surface area contributed by atoms with Crippen LogP contribution in [-0.2, 0) is 9.59 Å². The first-order valence-corrected chi connectivity index (χ1v) is 10.3. The van der Waals surface area contributed by atoms with E-state index in [9.17, 15) is 9.59 Å². The molecule has 0 fully saturated rings. The lowest BCUT2D eigenvalue weighted by Gasteiger charge is -2.18. The fourth-order valence-corrected chi connectivity index (χ4v) is 4.07. The average molecular weight is 425 g/mol. The second-order valence-electron chi connectivity index (χ2n) is 6.57. The highest BCUT2D eigenvalue weighted by molar-refractivity contribution is 8.00. The molecule has 1 unspecified atom stereocenters. The number of amides is 2. The quantitative estimate of drug-likeness (QED) is 0.471. The minimum absolute atomic E-state index is 0.138. The van der Waals surface area contributed by atoms with Crippen LogP contribution in [0.2, 0.25) is 5.02 Å². The van der Waals surface area contributed by atoms with Crippen molar-refractivity contribution in [1.29, 1.82) is 0 Å². The zero-order valence-electron chi connectivity index (χ0n) is 16.1. The second-order valence-corrected chi connectivity index (χ2v) is 8.18. The SMILES string of the molecule is CC(=O)Nc1cccc(SC(C(=O)Nc2cc(Cl)ccc2C)c2ccccc2)c1. The fourth-order valence-electron chi connectivity index (χ4n) is 2.81. The van der Waals surface area contributed by atoms with Gasteiger partial charge in [-0.05, 0) is 48.4 Å². The van der Waals surface area contributed by atoms with E-state index in [4.69, 9.17) is 11.6 Å². The summed E-state index contributed by atoms with van der Waals surface area (Å²) < 4.78 is 0. The van der Waals surface area contributed by atoms with Crippen LogP contribution in [0, 0.1) is 6.92 Å². The highest BCUT2D eigenvalue weighted by Crippen LogP contribution is 2.37. The number of hydrogen-bond donors (Lipinski definition) is 2. The average Bonchev–Trinajstić information content (AvgIpc) is 2.69. The van der Waals surface area contributed by atoms with Crippen molar-refractivity contribution >= 4 is 46.6 Å². The van der Waals surface area contributed by atoms with Crippen molar-refractivity contribution in [3.05, 3.63) is 88.9 Å². The lowest BCUT2D eigenvalue weighted by Crippen LogP contribution is -2.19. The van der Waals surface area contributed by atoms with Crippen LogP contribution in [0.4, 0.5) is 11.4 Å². The number of anilines is 2. The van der Waals surface area contributed by atoms with Gasteiger partial charge in [0.2, 0.25) is 11.8 Å². The molecule has 0 bridgehead atoms. The molecule has 0 saturated heterocycles. The van der Waals surface area contributed by atoms with Crippen molar-refractivity contribution in [2.24, 2.45) is 0 Å². The van der Waals surface area contributed by atoms with Gasteiger partial charge in [-0.2, -0.15) is 0 Å². The largest absolute Gasteiger partial charge is 0.326 e. The highest BCUT2D eigenvalue weighted by atomic mass is 35.5. The van der Waals surface area contributed by atoms with Gasteiger partial charge in [-0.1, -0.05) is 54.1 Å². The molecule has 0 radical (unpaired) electrons. The molecule has 2 amide bonds. The van der Waals surface area contributed by atoms with Crippen LogP contribution in [0.1, 0.15) is 23.3 Å². The van der Waals surface area contributed by atoms with Gasteiger partial charge in [0, 0.05) is 28.2 Å². The van der Waals surface area contributed by atoms with Gasteiger partial charge < -0.3 is 10.6 Å². The molecule has 0 aliphatic rings. The van der Waals surface area contributed by atoms with E-state index in [1.165, 1.54) is 18.7 Å². The molecule has 3 aromatic rings. The van der Waals surface area contributed by atoms with Gasteiger partial charge in [0.05, 0.1) is 0 Å². The molecule has 0 aliphatic carbocycles. The Balaban J connectivity index is 1.88. The van der Waals surface area contributed by atoms with Crippen molar-refractivity contribution in [2.75, 3.05) is 10.6 Å². The first kappa shape index (κ1) is 21.0. The first-order valence-electron chi connectivity index (χ1n) is 9.08. The van der Waals surface area contributed by atoms with E-state index >= 15 is 0 Å². The topological polar surface area (TPSA) is 58.2 Å². The number of aryl methyl sites for hydroxylation is 1. The van der Waals surface area contributed by atoms with Gasteiger partial charge in [0.15, 0.2) is 0 Å². The minimum atomic E-state index is -0.470. The molecule has 0 aromatic heterocycles. The molecular weight excluding hydrogens is 404 g/mol. The number of nitrogens with one attached hydrogen (secondary N) is 2. The number of hydrogen-bond acceptors (Lipinski definition) is 3. The van der Waals surface area contributed by atoms with Gasteiger partial charge >= 0.3 is 0 Å². The van der Waals surface area contributed by atoms with Crippen LogP contribution < -0.4 is 10.6 Å². The van der Waals surface area contributed by atoms with Crippen LogP contribution >= 0.6 is 23.4 Å². The fraction of sp³-hybridized carbons (Fsp3) is 0.130. The Morgan fingerprint density at radius 2 is 1.69 bits per heavy atom. The normalized spacial score (nSPS) is 11.6. The van der Waals surface area contributed by atoms with Gasteiger partial charge in [0.1, 0.15) is 5.25 Å². The molecule has 148 valence electrons. The Morgan fingerprint density at radius 3 is 2.41 bits per heavy atom. The van der Waals surface area contributed by atoms with E-state index in [1.54, 1.807) is 12.1 Å². The van der Waals surface area contributed by atoms with E-state index in [0.717, 1.165) is 16.0 Å². The summed E-state index contributed by atoms with van der Waals surface area (Å²) in [5, 5.41) is 5.87. The molecule has 1 atom stereocenters. The lowest BCUT2D eigenvalue weighted by atomic mass is 10.1. The number of carbonyl (C=O) groups excluding carboxylic acids is 2. The second kappa shape index (κ2) is 9.63. The summed E-state index contributed by atoms with van der Waals surface area (Å²) in [6, 6.07) is 22.5. The maximum absolute atomic E-state index is 13.2. The molecular formula is C23H21ClN2O2S. The van der Waals surface area contributed by atoms with Crippen LogP contribution in [-0.4, -0.2) is 11.8 Å². The summed E-state index contributed by atoms with van der Waals surface area (Å²) in [7, 11) is 0. The summed E-state index contributed by atoms with van der Waals surface area (Å²) in [6.45, 7) is 3.39. The zero-order valence-corrected chi connectivity index (χ0v) is 17.7. The number of benzene rings is 3. The molecule has 0 heterocycles. The maximum Gasteiger partial charge on any atom is 0.242 e. The number of carbonyl (C=O) groups is 2. The maximum atomic E-state index is 13.2. The van der Waals surface area contributed by atoms with Crippen LogP contribution in [0.5, 0.6) is 0 Å². The van der Waals surface area contributed by atoms with Gasteiger partial charge in [-0.25, -0.2) is 0 Å². The first-order chi connectivity index (χ1) is 13.9. The van der Waals surface area contributed by atoms with Crippen molar-refractivity contribution in [3.8, 4) is 0 Å². The van der Waals surface area contributed by atoms with E-state index in [1.807, 2.05) is 67.6 Å². The summed E-state index contributed by atoms with van der Waals surface area (Å²) in [4.78, 5) is 25.4. The Labute approximate surface area is 179 Å². The lowest BCUT2D eigenvalue weighted by molar-refractivity contribution is -0.116. The molecule has 3 rings (SSSR count). The molecule has 0 spiro atoms. The van der Waals surface area contributed by atoms with Gasteiger partial charge in [-0.15, -0.1) is 11.8 Å². The van der Waals surface area contributed by atoms with Crippen LogP contribution in [0.3, 0.4) is 0 Å². The Morgan fingerprint density at radius 1 is 0.931 bits per heavy atom. The molecule has 0 saturated carbocycles. The summed E-state index contributed by atoms with van der Waals surface area (Å²) in [5.41, 5.74) is 3.21. The van der Waals surface area contributed by atoms with Crippen LogP contribution in [0.25, 0.3) is 0 Å². The van der Waals surface area contributed by atoms with E-state index in [0.29, 0.717) is 16.4 Å². The summed E-state index contributed by atoms with van der Waals surface area (Å²) in [6.07, 6.45) is 0. The predicted octanol–water partition coefficient (Wildman–Crippen LogP) is 6.08.